The summed E-state index contributed by atoms with van der Waals surface area (Å²) >= 11 is 0. The van der Waals surface area contributed by atoms with E-state index in [0.29, 0.717) is 10.1 Å². The number of hydrogen-bond acceptors (Lipinski definition) is 0. The predicted molar refractivity (Wildman–Crippen MR) is 115 cm³/mol. The molecule has 0 aromatic heterocycles. The van der Waals surface area contributed by atoms with E-state index in [-0.39, 0.29) is 7.92 Å². The second kappa shape index (κ2) is 5.82. The van der Waals surface area contributed by atoms with Gasteiger partial charge in [0, 0.05) is 0 Å². The Morgan fingerprint density at radius 1 is 0.696 bits per heavy atom. The zero-order chi connectivity index (χ0) is 17.8. The van der Waals surface area contributed by atoms with Crippen LogP contribution in [0.25, 0.3) is 0 Å². The largest absolute Gasteiger partial charge is 0.0737 e. The minimum absolute atomic E-state index is 0.0464. The van der Waals surface area contributed by atoms with Gasteiger partial charge in [-0.2, -0.15) is 0 Å². The molecule has 0 unspecified atom stereocenters. The van der Waals surface area contributed by atoms with Crippen molar-refractivity contribution in [2.45, 2.75) is 88.4 Å². The molecular formula is C20H37PSi2. The topological polar surface area (TPSA) is 0 Å². The van der Waals surface area contributed by atoms with Crippen LogP contribution in [0.4, 0.5) is 0 Å². The van der Waals surface area contributed by atoms with Gasteiger partial charge in [0.15, 0.2) is 0 Å². The fraction of sp³-hybridized carbons (Fsp3) is 0.700. The summed E-state index contributed by atoms with van der Waals surface area (Å²) in [5.41, 5.74) is 0. The first-order chi connectivity index (χ1) is 10.2. The predicted octanol–water partition coefficient (Wildman–Crippen LogP) is 6.64. The number of rotatable bonds is 3. The summed E-state index contributed by atoms with van der Waals surface area (Å²) in [6.45, 7) is 25.7. The summed E-state index contributed by atoms with van der Waals surface area (Å²) in [6, 6.07) is 11.5. The molecule has 3 heteroatoms. The molecule has 1 aliphatic heterocycles. The average Bonchev–Trinajstić information content (AvgIpc) is 3.13. The lowest BCUT2D eigenvalue weighted by Gasteiger charge is -2.41. The molecule has 0 saturated carbocycles. The SMILES string of the molecule is CC(C)(C)[Si](C)(C)[C@H]1[C@H]([Si](C)(C)C(C)(C)C)P1c1ccccc1. The second-order valence-corrected chi connectivity index (χ2v) is 25.1. The van der Waals surface area contributed by atoms with Gasteiger partial charge in [0.2, 0.25) is 0 Å². The highest BCUT2D eigenvalue weighted by Gasteiger charge is 2.68. The van der Waals surface area contributed by atoms with Gasteiger partial charge in [-0.15, -0.1) is 0 Å². The van der Waals surface area contributed by atoms with Crippen molar-refractivity contribution < 1.29 is 0 Å². The molecule has 1 heterocycles. The second-order valence-electron chi connectivity index (χ2n) is 10.6. The van der Waals surface area contributed by atoms with E-state index in [2.05, 4.69) is 98.1 Å². The third-order valence-corrected chi connectivity index (χ3v) is 27.3. The highest BCUT2D eigenvalue weighted by atomic mass is 31.1. The number of hydrogen-bond donors (Lipinski definition) is 0. The molecule has 2 atom stereocenters. The van der Waals surface area contributed by atoms with E-state index in [0.717, 1.165) is 10.6 Å². The molecule has 0 spiro atoms. The third-order valence-electron chi connectivity index (χ3n) is 7.21. The summed E-state index contributed by atoms with van der Waals surface area (Å²) in [4.78, 5) is 0. The van der Waals surface area contributed by atoms with Crippen molar-refractivity contribution in [3.05, 3.63) is 30.3 Å². The van der Waals surface area contributed by atoms with Crippen LogP contribution in [0.2, 0.25) is 36.3 Å². The van der Waals surface area contributed by atoms with Crippen molar-refractivity contribution in [1.82, 2.24) is 0 Å². The fourth-order valence-corrected chi connectivity index (χ4v) is 24.1. The molecule has 1 fully saturated rings. The summed E-state index contributed by atoms with van der Waals surface area (Å²) in [5.74, 6) is 0. The molecule has 0 nitrogen and oxygen atoms in total. The van der Waals surface area contributed by atoms with Crippen molar-refractivity contribution in [1.29, 1.82) is 0 Å². The van der Waals surface area contributed by atoms with E-state index in [1.807, 2.05) is 0 Å². The molecular weight excluding hydrogens is 327 g/mol. The molecule has 1 aromatic carbocycles. The molecule has 1 aromatic rings. The van der Waals surface area contributed by atoms with Gasteiger partial charge in [0.25, 0.3) is 0 Å². The quantitative estimate of drug-likeness (QED) is 0.416. The first kappa shape index (κ1) is 19.4. The van der Waals surface area contributed by atoms with Crippen LogP contribution >= 0.6 is 7.92 Å². The van der Waals surface area contributed by atoms with E-state index in [1.54, 1.807) is 5.30 Å². The zero-order valence-electron chi connectivity index (χ0n) is 17.0. The molecule has 0 amide bonds. The van der Waals surface area contributed by atoms with E-state index >= 15 is 0 Å². The maximum Gasteiger partial charge on any atom is 0.0611 e. The Morgan fingerprint density at radius 2 is 1.04 bits per heavy atom. The number of benzene rings is 1. The maximum atomic E-state index is 2.67. The zero-order valence-corrected chi connectivity index (χ0v) is 19.9. The van der Waals surface area contributed by atoms with Crippen molar-refractivity contribution in [2.75, 3.05) is 0 Å². The summed E-state index contributed by atoms with van der Waals surface area (Å²) in [5, 5.41) is 4.68. The Bertz CT molecular complexity index is 517. The van der Waals surface area contributed by atoms with Crippen molar-refractivity contribution >= 4 is 29.4 Å². The Morgan fingerprint density at radius 3 is 1.35 bits per heavy atom. The van der Waals surface area contributed by atoms with Crippen LogP contribution in [0.15, 0.2) is 30.3 Å². The molecule has 0 radical (unpaired) electrons. The molecule has 1 aliphatic rings. The van der Waals surface area contributed by atoms with Crippen molar-refractivity contribution in [3.8, 4) is 0 Å². The van der Waals surface area contributed by atoms with Crippen LogP contribution in [-0.2, 0) is 0 Å². The highest BCUT2D eigenvalue weighted by molar-refractivity contribution is 7.81. The van der Waals surface area contributed by atoms with Gasteiger partial charge in [-0.05, 0) is 25.9 Å². The molecule has 1 saturated heterocycles. The first-order valence-corrected chi connectivity index (χ1v) is 16.7. The molecule has 0 aliphatic carbocycles. The summed E-state index contributed by atoms with van der Waals surface area (Å²) in [7, 11) is -2.56. The van der Waals surface area contributed by atoms with E-state index in [1.165, 1.54) is 0 Å². The van der Waals surface area contributed by atoms with Crippen LogP contribution in [0.5, 0.6) is 0 Å². The minimum Gasteiger partial charge on any atom is -0.0737 e. The summed E-state index contributed by atoms with van der Waals surface area (Å²) < 4.78 is 0. The smallest absolute Gasteiger partial charge is 0.0611 e. The van der Waals surface area contributed by atoms with E-state index < -0.39 is 16.1 Å². The monoisotopic (exact) mass is 364 g/mol. The maximum absolute atomic E-state index is 2.67. The van der Waals surface area contributed by atoms with Gasteiger partial charge < -0.3 is 0 Å². The van der Waals surface area contributed by atoms with Gasteiger partial charge in [-0.1, -0.05) is 106 Å². The van der Waals surface area contributed by atoms with Crippen LogP contribution in [-0.4, -0.2) is 26.7 Å². The van der Waals surface area contributed by atoms with E-state index in [4.69, 9.17) is 0 Å². The Kier molecular flexibility index (Phi) is 4.91. The molecule has 0 bridgehead atoms. The van der Waals surface area contributed by atoms with Crippen LogP contribution in [0.1, 0.15) is 41.5 Å². The van der Waals surface area contributed by atoms with Crippen molar-refractivity contribution in [3.63, 3.8) is 0 Å². The van der Waals surface area contributed by atoms with Crippen LogP contribution in [0.3, 0.4) is 0 Å². The summed E-state index contributed by atoms with van der Waals surface area (Å²) in [6.07, 6.45) is 0. The standard InChI is InChI=1S/C20H37PSi2/c1-19(2,3)22(7,8)17-18(23(9,10)20(4,5)6)21(17)16-14-12-11-13-15-16/h11-15,17-18H,1-10H3/t17-,18-/m0/s1. The van der Waals surface area contributed by atoms with Crippen LogP contribution in [0, 0.1) is 0 Å². The third kappa shape index (κ3) is 3.28. The van der Waals surface area contributed by atoms with Gasteiger partial charge in [-0.3, -0.25) is 0 Å². The fourth-order valence-electron chi connectivity index (χ4n) is 3.52. The lowest BCUT2D eigenvalue weighted by atomic mass is 10.2. The first-order valence-electron chi connectivity index (χ1n) is 9.06. The van der Waals surface area contributed by atoms with Gasteiger partial charge in [0.05, 0.1) is 16.1 Å². The Balaban J connectivity index is 2.47. The molecule has 2 rings (SSSR count). The molecule has 130 valence electrons. The Labute approximate surface area is 148 Å². The van der Waals surface area contributed by atoms with Crippen molar-refractivity contribution in [2.24, 2.45) is 0 Å². The lowest BCUT2D eigenvalue weighted by molar-refractivity contribution is 0.703. The highest BCUT2D eigenvalue weighted by Crippen LogP contribution is 2.75. The normalized spacial score (nSPS) is 26.3. The molecule has 23 heavy (non-hydrogen) atoms. The van der Waals surface area contributed by atoms with E-state index in [9.17, 15) is 0 Å². The Hall–Kier alpha value is 0.0838. The lowest BCUT2D eigenvalue weighted by Crippen LogP contribution is -2.51. The van der Waals surface area contributed by atoms with Gasteiger partial charge >= 0.3 is 0 Å². The van der Waals surface area contributed by atoms with Gasteiger partial charge in [-0.25, -0.2) is 0 Å². The van der Waals surface area contributed by atoms with Crippen LogP contribution < -0.4 is 5.30 Å². The minimum atomic E-state index is -1.31. The van der Waals surface area contributed by atoms with Gasteiger partial charge in [0.1, 0.15) is 0 Å². The average molecular weight is 365 g/mol. The molecule has 0 N–H and O–H groups in total.